The minimum absolute atomic E-state index is 0.227. The molecule has 0 aliphatic heterocycles. The highest BCUT2D eigenvalue weighted by atomic mass is 16.5. The quantitative estimate of drug-likeness (QED) is 0.427. The molecular weight excluding hydrogens is 226 g/mol. The van der Waals surface area contributed by atoms with E-state index in [1.807, 2.05) is 0 Å². The molecule has 0 aromatic rings. The summed E-state index contributed by atoms with van der Waals surface area (Å²) in [4.78, 5) is 11.5. The third-order valence-electron chi connectivity index (χ3n) is 3.16. The first kappa shape index (κ1) is 17.4. The summed E-state index contributed by atoms with van der Waals surface area (Å²) in [5.74, 6) is -0.227. The Morgan fingerprint density at radius 2 is 1.50 bits per heavy atom. The minimum Gasteiger partial charge on any atom is -0.465 e. The molecule has 1 atom stereocenters. The first-order chi connectivity index (χ1) is 8.72. The molecule has 0 saturated carbocycles. The Bertz CT molecular complexity index is 195. The van der Waals surface area contributed by atoms with Crippen molar-refractivity contribution in [2.24, 2.45) is 5.73 Å². The van der Waals surface area contributed by atoms with Crippen LogP contribution in [0.1, 0.15) is 78.1 Å². The highest BCUT2D eigenvalue weighted by Crippen LogP contribution is 2.07. The molecule has 2 N–H and O–H groups in total. The minimum atomic E-state index is -0.422. The smallest absolute Gasteiger partial charge is 0.322 e. The zero-order valence-corrected chi connectivity index (χ0v) is 12.2. The molecule has 0 aliphatic rings. The normalized spacial score (nSPS) is 12.4. The lowest BCUT2D eigenvalue weighted by atomic mass is 10.1. The summed E-state index contributed by atoms with van der Waals surface area (Å²) in [5.41, 5.74) is 5.72. The Morgan fingerprint density at radius 1 is 0.944 bits per heavy atom. The van der Waals surface area contributed by atoms with Gasteiger partial charge in [-0.3, -0.25) is 4.79 Å². The van der Waals surface area contributed by atoms with E-state index < -0.39 is 6.04 Å². The van der Waals surface area contributed by atoms with Crippen molar-refractivity contribution in [2.75, 3.05) is 6.61 Å². The van der Waals surface area contributed by atoms with Crippen LogP contribution in [0.2, 0.25) is 0 Å². The Kier molecular flexibility index (Phi) is 12.5. The Balaban J connectivity index is 3.29. The third kappa shape index (κ3) is 10.6. The summed E-state index contributed by atoms with van der Waals surface area (Å²) in [7, 11) is 0. The van der Waals surface area contributed by atoms with Crippen molar-refractivity contribution in [3.63, 3.8) is 0 Å². The molecule has 0 saturated heterocycles. The van der Waals surface area contributed by atoms with Crippen LogP contribution in [0.3, 0.4) is 0 Å². The number of unbranched alkanes of at least 4 members (excludes halogenated alkanes) is 7. The van der Waals surface area contributed by atoms with E-state index in [-0.39, 0.29) is 5.97 Å². The Morgan fingerprint density at radius 3 is 2.11 bits per heavy atom. The van der Waals surface area contributed by atoms with Crippen LogP contribution >= 0.6 is 0 Å². The fourth-order valence-corrected chi connectivity index (χ4v) is 1.88. The van der Waals surface area contributed by atoms with E-state index in [2.05, 4.69) is 13.8 Å². The van der Waals surface area contributed by atoms with Crippen LogP contribution in [-0.2, 0) is 9.53 Å². The number of rotatable bonds is 12. The lowest BCUT2D eigenvalue weighted by Crippen LogP contribution is -2.32. The van der Waals surface area contributed by atoms with Gasteiger partial charge in [-0.15, -0.1) is 0 Å². The summed E-state index contributed by atoms with van der Waals surface area (Å²) in [6.45, 7) is 4.85. The van der Waals surface area contributed by atoms with Crippen molar-refractivity contribution in [1.82, 2.24) is 0 Å². The molecule has 3 heteroatoms. The molecular formula is C15H31NO2. The average Bonchev–Trinajstić information content (AvgIpc) is 2.38. The zero-order chi connectivity index (χ0) is 13.6. The Hall–Kier alpha value is -0.570. The average molecular weight is 257 g/mol. The molecule has 0 radical (unpaired) electrons. The molecule has 0 aromatic heterocycles. The van der Waals surface area contributed by atoms with Crippen LogP contribution in [0, 0.1) is 0 Å². The van der Waals surface area contributed by atoms with Crippen molar-refractivity contribution >= 4 is 5.97 Å². The van der Waals surface area contributed by atoms with Crippen molar-refractivity contribution in [3.8, 4) is 0 Å². The van der Waals surface area contributed by atoms with E-state index in [0.717, 1.165) is 32.1 Å². The van der Waals surface area contributed by atoms with Gasteiger partial charge in [-0.05, 0) is 12.8 Å². The van der Waals surface area contributed by atoms with Gasteiger partial charge in [0.15, 0.2) is 0 Å². The number of nitrogens with two attached hydrogens (primary N) is 1. The molecule has 3 nitrogen and oxygen atoms in total. The predicted octanol–water partition coefficient (Wildman–Crippen LogP) is 3.80. The number of ether oxygens (including phenoxy) is 1. The van der Waals surface area contributed by atoms with Crippen molar-refractivity contribution in [1.29, 1.82) is 0 Å². The van der Waals surface area contributed by atoms with Crippen LogP contribution < -0.4 is 5.73 Å². The van der Waals surface area contributed by atoms with E-state index >= 15 is 0 Å². The molecule has 1 unspecified atom stereocenters. The molecule has 108 valence electrons. The fraction of sp³-hybridized carbons (Fsp3) is 0.933. The fourth-order valence-electron chi connectivity index (χ4n) is 1.88. The highest BCUT2D eigenvalue weighted by Gasteiger charge is 2.13. The van der Waals surface area contributed by atoms with Gasteiger partial charge >= 0.3 is 5.97 Å². The van der Waals surface area contributed by atoms with Gasteiger partial charge in [0.2, 0.25) is 0 Å². The van der Waals surface area contributed by atoms with Crippen LogP contribution in [0.4, 0.5) is 0 Å². The number of hydrogen-bond acceptors (Lipinski definition) is 3. The molecule has 18 heavy (non-hydrogen) atoms. The predicted molar refractivity (Wildman–Crippen MR) is 76.5 cm³/mol. The topological polar surface area (TPSA) is 52.3 Å². The van der Waals surface area contributed by atoms with E-state index in [1.54, 1.807) is 0 Å². The SMILES string of the molecule is CCCCCCCCCOC(=O)C(N)CCCC. The summed E-state index contributed by atoms with van der Waals surface area (Å²) in [6.07, 6.45) is 11.4. The second-order valence-corrected chi connectivity index (χ2v) is 5.04. The van der Waals surface area contributed by atoms with E-state index in [9.17, 15) is 4.79 Å². The molecule has 0 aliphatic carbocycles. The maximum Gasteiger partial charge on any atom is 0.322 e. The molecule has 0 amide bonds. The maximum atomic E-state index is 11.5. The molecule has 0 bridgehead atoms. The maximum absolute atomic E-state index is 11.5. The number of hydrogen-bond donors (Lipinski definition) is 1. The molecule has 0 heterocycles. The van der Waals surface area contributed by atoms with Gasteiger partial charge < -0.3 is 10.5 Å². The van der Waals surface area contributed by atoms with Gasteiger partial charge in [0, 0.05) is 0 Å². The molecule has 0 aromatic carbocycles. The summed E-state index contributed by atoms with van der Waals surface area (Å²) < 4.78 is 5.16. The number of carbonyl (C=O) groups excluding carboxylic acids is 1. The van der Waals surface area contributed by atoms with E-state index in [4.69, 9.17) is 10.5 Å². The van der Waals surface area contributed by atoms with E-state index in [1.165, 1.54) is 32.1 Å². The molecule has 0 fully saturated rings. The van der Waals surface area contributed by atoms with Crippen LogP contribution in [-0.4, -0.2) is 18.6 Å². The molecule has 0 spiro atoms. The lowest BCUT2D eigenvalue weighted by molar-refractivity contribution is -0.145. The van der Waals surface area contributed by atoms with Crippen LogP contribution in [0.25, 0.3) is 0 Å². The van der Waals surface area contributed by atoms with Gasteiger partial charge in [-0.2, -0.15) is 0 Å². The zero-order valence-electron chi connectivity index (χ0n) is 12.2. The summed E-state index contributed by atoms with van der Waals surface area (Å²) in [5, 5.41) is 0. The third-order valence-corrected chi connectivity index (χ3v) is 3.16. The molecule has 0 rings (SSSR count). The Labute approximate surface area is 112 Å². The second-order valence-electron chi connectivity index (χ2n) is 5.04. The number of esters is 1. The monoisotopic (exact) mass is 257 g/mol. The second kappa shape index (κ2) is 12.9. The van der Waals surface area contributed by atoms with Crippen LogP contribution in [0.5, 0.6) is 0 Å². The first-order valence-electron chi connectivity index (χ1n) is 7.64. The van der Waals surface area contributed by atoms with Crippen LogP contribution in [0.15, 0.2) is 0 Å². The van der Waals surface area contributed by atoms with Crippen molar-refractivity contribution in [3.05, 3.63) is 0 Å². The standard InChI is InChI=1S/C15H31NO2/c1-3-5-7-8-9-10-11-13-18-15(17)14(16)12-6-4-2/h14H,3-13,16H2,1-2H3. The van der Waals surface area contributed by atoms with Gasteiger partial charge in [0.1, 0.15) is 6.04 Å². The summed E-state index contributed by atoms with van der Waals surface area (Å²) in [6, 6.07) is -0.422. The number of carbonyl (C=O) groups is 1. The van der Waals surface area contributed by atoms with Gasteiger partial charge in [0.25, 0.3) is 0 Å². The van der Waals surface area contributed by atoms with Crippen molar-refractivity contribution < 1.29 is 9.53 Å². The van der Waals surface area contributed by atoms with E-state index in [0.29, 0.717) is 6.61 Å². The van der Waals surface area contributed by atoms with Gasteiger partial charge in [0.05, 0.1) is 6.61 Å². The summed E-state index contributed by atoms with van der Waals surface area (Å²) >= 11 is 0. The highest BCUT2D eigenvalue weighted by molar-refractivity contribution is 5.75. The lowest BCUT2D eigenvalue weighted by Gasteiger charge is -2.10. The van der Waals surface area contributed by atoms with Gasteiger partial charge in [-0.25, -0.2) is 0 Å². The largest absolute Gasteiger partial charge is 0.465 e. The first-order valence-corrected chi connectivity index (χ1v) is 7.64. The van der Waals surface area contributed by atoms with Crippen molar-refractivity contribution in [2.45, 2.75) is 84.1 Å². The van der Waals surface area contributed by atoms with Gasteiger partial charge in [-0.1, -0.05) is 65.2 Å².